The number of allylic oxidation sites excluding steroid dienone is 2. The zero-order valence-corrected chi connectivity index (χ0v) is 8.02. The highest BCUT2D eigenvalue weighted by atomic mass is 79.9. The Bertz CT molecular complexity index is 236. The van der Waals surface area contributed by atoms with Gasteiger partial charge in [0, 0.05) is 10.1 Å². The molecule has 1 fully saturated rings. The van der Waals surface area contributed by atoms with Gasteiger partial charge in [-0.2, -0.15) is 0 Å². The molecule has 0 atom stereocenters. The van der Waals surface area contributed by atoms with Crippen LogP contribution in [0.3, 0.4) is 0 Å². The molecule has 58 valence electrons. The van der Waals surface area contributed by atoms with Crippen LogP contribution < -0.4 is 0 Å². The van der Waals surface area contributed by atoms with Crippen molar-refractivity contribution in [3.8, 4) is 12.3 Å². The van der Waals surface area contributed by atoms with E-state index >= 15 is 0 Å². The summed E-state index contributed by atoms with van der Waals surface area (Å²) in [5.74, 6) is 4.28. The highest BCUT2D eigenvalue weighted by Gasteiger charge is 2.32. The molecule has 1 saturated carbocycles. The smallest absolute Gasteiger partial charge is 0.0153 e. The van der Waals surface area contributed by atoms with Crippen LogP contribution in [0, 0.1) is 24.2 Å². The highest BCUT2D eigenvalue weighted by molar-refractivity contribution is 9.11. The molecule has 0 amide bonds. The summed E-state index contributed by atoms with van der Waals surface area (Å²) in [6, 6.07) is 0. The molecule has 0 aromatic carbocycles. The van der Waals surface area contributed by atoms with Gasteiger partial charge in [0.1, 0.15) is 0 Å². The molecule has 11 heavy (non-hydrogen) atoms. The number of halogens is 1. The lowest BCUT2D eigenvalue weighted by atomic mass is 9.72. The Hall–Kier alpha value is -0.220. The normalized spacial score (nSPS) is 35.6. The van der Waals surface area contributed by atoms with Crippen LogP contribution in [0.4, 0.5) is 0 Å². The van der Waals surface area contributed by atoms with Crippen molar-refractivity contribution in [1.29, 1.82) is 0 Å². The van der Waals surface area contributed by atoms with Gasteiger partial charge in [-0.05, 0) is 37.5 Å². The second kappa shape index (κ2) is 2.68. The maximum atomic E-state index is 5.44. The largest absolute Gasteiger partial charge is 0.115 e. The van der Waals surface area contributed by atoms with Gasteiger partial charge in [-0.1, -0.05) is 21.9 Å². The van der Waals surface area contributed by atoms with Gasteiger partial charge in [-0.25, -0.2) is 0 Å². The summed E-state index contributed by atoms with van der Waals surface area (Å²) in [6.07, 6.45) is 10.8. The van der Waals surface area contributed by atoms with Gasteiger partial charge < -0.3 is 0 Å². The van der Waals surface area contributed by atoms with Crippen LogP contribution in [0.2, 0.25) is 0 Å². The molecule has 0 aliphatic heterocycles. The van der Waals surface area contributed by atoms with Crippen molar-refractivity contribution in [2.24, 2.45) is 11.8 Å². The summed E-state index contributed by atoms with van der Waals surface area (Å²) < 4.78 is 1.34. The molecule has 3 aliphatic carbocycles. The molecule has 0 unspecified atom stereocenters. The van der Waals surface area contributed by atoms with Gasteiger partial charge in [0.05, 0.1) is 0 Å². The van der Waals surface area contributed by atoms with E-state index in [2.05, 4.69) is 21.9 Å². The minimum absolute atomic E-state index is 0.708. The van der Waals surface area contributed by atoms with E-state index in [1.165, 1.54) is 35.7 Å². The second-order valence-corrected chi connectivity index (χ2v) is 4.31. The number of hydrogen-bond acceptors (Lipinski definition) is 0. The summed E-state index contributed by atoms with van der Waals surface area (Å²) in [5, 5.41) is 0. The first kappa shape index (κ1) is 7.43. The number of rotatable bonds is 0. The van der Waals surface area contributed by atoms with E-state index in [9.17, 15) is 0 Å². The van der Waals surface area contributed by atoms with Crippen molar-refractivity contribution in [3.63, 3.8) is 0 Å². The maximum Gasteiger partial charge on any atom is 0.0153 e. The van der Waals surface area contributed by atoms with Crippen LogP contribution in [-0.4, -0.2) is 0 Å². The van der Waals surface area contributed by atoms with Crippen LogP contribution in [-0.2, 0) is 0 Å². The molecule has 3 aliphatic rings. The average molecular weight is 211 g/mol. The van der Waals surface area contributed by atoms with Crippen molar-refractivity contribution in [3.05, 3.63) is 10.1 Å². The third kappa shape index (κ3) is 1.05. The lowest BCUT2D eigenvalue weighted by molar-refractivity contribution is 0.315. The summed E-state index contributed by atoms with van der Waals surface area (Å²) in [7, 11) is 0. The van der Waals surface area contributed by atoms with Crippen molar-refractivity contribution < 1.29 is 0 Å². The molecule has 0 saturated heterocycles. The standard InChI is InChI=1S/C10H11Br/c1-2-9-7-3-5-8(6-4-7)10(9)11/h1,7-8H,3-6H2. The zero-order valence-electron chi connectivity index (χ0n) is 6.44. The molecule has 1 heteroatoms. The predicted molar refractivity (Wildman–Crippen MR) is 50.2 cm³/mol. The summed E-state index contributed by atoms with van der Waals surface area (Å²) in [5.41, 5.74) is 1.26. The van der Waals surface area contributed by atoms with Crippen LogP contribution >= 0.6 is 15.9 Å². The molecule has 0 N–H and O–H groups in total. The maximum absolute atomic E-state index is 5.44. The van der Waals surface area contributed by atoms with Gasteiger partial charge in [0.15, 0.2) is 0 Å². The van der Waals surface area contributed by atoms with Crippen molar-refractivity contribution >= 4 is 15.9 Å². The quantitative estimate of drug-likeness (QED) is 0.540. The topological polar surface area (TPSA) is 0 Å². The summed E-state index contributed by atoms with van der Waals surface area (Å²) in [4.78, 5) is 0. The van der Waals surface area contributed by atoms with Gasteiger partial charge in [-0.15, -0.1) is 6.42 Å². The monoisotopic (exact) mass is 210 g/mol. The number of terminal acetylenes is 1. The Morgan fingerprint density at radius 3 is 2.09 bits per heavy atom. The minimum Gasteiger partial charge on any atom is -0.115 e. The number of fused-ring (bicyclic) bond motifs is 2. The molecule has 0 aromatic rings. The van der Waals surface area contributed by atoms with Crippen molar-refractivity contribution in [2.75, 3.05) is 0 Å². The molecule has 0 spiro atoms. The Balaban J connectivity index is 2.40. The van der Waals surface area contributed by atoms with E-state index in [1.54, 1.807) is 0 Å². The lowest BCUT2D eigenvalue weighted by Crippen LogP contribution is -2.23. The minimum atomic E-state index is 0.708. The van der Waals surface area contributed by atoms with Gasteiger partial charge in [0.2, 0.25) is 0 Å². The average Bonchev–Trinajstić information content (AvgIpc) is 2.06. The Morgan fingerprint density at radius 2 is 1.73 bits per heavy atom. The molecule has 0 aromatic heterocycles. The fourth-order valence-corrected chi connectivity index (χ4v) is 3.13. The summed E-state index contributed by atoms with van der Waals surface area (Å²) >= 11 is 3.61. The van der Waals surface area contributed by atoms with Gasteiger partial charge in [0.25, 0.3) is 0 Å². The van der Waals surface area contributed by atoms with E-state index in [0.29, 0.717) is 5.92 Å². The van der Waals surface area contributed by atoms with Crippen LogP contribution in [0.5, 0.6) is 0 Å². The van der Waals surface area contributed by atoms with E-state index in [0.717, 1.165) is 5.92 Å². The van der Waals surface area contributed by atoms with Crippen LogP contribution in [0.15, 0.2) is 10.1 Å². The first-order chi connectivity index (χ1) is 5.33. The van der Waals surface area contributed by atoms with E-state index in [1.807, 2.05) is 0 Å². The first-order valence-electron chi connectivity index (χ1n) is 4.19. The van der Waals surface area contributed by atoms with Gasteiger partial charge in [-0.3, -0.25) is 0 Å². The van der Waals surface area contributed by atoms with Crippen LogP contribution in [0.25, 0.3) is 0 Å². The molecule has 2 bridgehead atoms. The fourth-order valence-electron chi connectivity index (χ4n) is 2.24. The Morgan fingerprint density at radius 1 is 1.18 bits per heavy atom. The van der Waals surface area contributed by atoms with E-state index in [4.69, 9.17) is 6.42 Å². The molecule has 0 nitrogen and oxygen atoms in total. The van der Waals surface area contributed by atoms with Crippen molar-refractivity contribution in [1.82, 2.24) is 0 Å². The number of hydrogen-bond donors (Lipinski definition) is 0. The van der Waals surface area contributed by atoms with Crippen LogP contribution in [0.1, 0.15) is 25.7 Å². The molecule has 0 heterocycles. The van der Waals surface area contributed by atoms with E-state index < -0.39 is 0 Å². The zero-order chi connectivity index (χ0) is 7.84. The Labute approximate surface area is 76.2 Å². The predicted octanol–water partition coefficient (Wildman–Crippen LogP) is 3.09. The fraction of sp³-hybridized carbons (Fsp3) is 0.600. The SMILES string of the molecule is C#CC1=C(Br)C2CCC1CC2. The van der Waals surface area contributed by atoms with Crippen molar-refractivity contribution in [2.45, 2.75) is 25.7 Å². The third-order valence-corrected chi connectivity index (χ3v) is 3.98. The first-order valence-corrected chi connectivity index (χ1v) is 4.98. The molecular weight excluding hydrogens is 200 g/mol. The highest BCUT2D eigenvalue weighted by Crippen LogP contribution is 2.47. The van der Waals surface area contributed by atoms with E-state index in [-0.39, 0.29) is 0 Å². The lowest BCUT2D eigenvalue weighted by Gasteiger charge is -2.36. The molecule has 3 rings (SSSR count). The third-order valence-electron chi connectivity index (χ3n) is 2.91. The molecular formula is C10H11Br. The Kier molecular flexibility index (Phi) is 1.81. The van der Waals surface area contributed by atoms with Gasteiger partial charge >= 0.3 is 0 Å². The molecule has 0 radical (unpaired) electrons. The second-order valence-electron chi connectivity index (χ2n) is 3.45. The summed E-state index contributed by atoms with van der Waals surface area (Å²) in [6.45, 7) is 0.